The fraction of sp³-hybridized carbons (Fsp3) is 0.0714. The van der Waals surface area contributed by atoms with Crippen molar-refractivity contribution in [2.24, 2.45) is 5.73 Å². The molecule has 0 aliphatic carbocycles. The third-order valence-corrected chi connectivity index (χ3v) is 2.93. The molecular formula is C14H10ClF2NO2. The molecule has 1 amide bonds. The number of hydrogen-bond acceptors (Lipinski definition) is 2. The predicted molar refractivity (Wildman–Crippen MR) is 70.7 cm³/mol. The molecule has 2 rings (SSSR count). The van der Waals surface area contributed by atoms with Crippen LogP contribution in [-0.4, -0.2) is 5.91 Å². The number of halogens is 3. The number of hydrogen-bond donors (Lipinski definition) is 1. The molecule has 0 saturated carbocycles. The van der Waals surface area contributed by atoms with Gasteiger partial charge in [-0.15, -0.1) is 0 Å². The largest absolute Gasteiger partial charge is 0.489 e. The second kappa shape index (κ2) is 5.88. The summed E-state index contributed by atoms with van der Waals surface area (Å²) >= 11 is 5.54. The van der Waals surface area contributed by atoms with Gasteiger partial charge in [-0.3, -0.25) is 4.79 Å². The molecule has 0 heterocycles. The zero-order valence-corrected chi connectivity index (χ0v) is 11.0. The monoisotopic (exact) mass is 297 g/mol. The van der Waals surface area contributed by atoms with E-state index in [-0.39, 0.29) is 28.5 Å². The zero-order valence-electron chi connectivity index (χ0n) is 10.2. The molecule has 0 bridgehead atoms. The molecule has 0 aliphatic heterocycles. The molecule has 0 atom stereocenters. The van der Waals surface area contributed by atoms with Crippen LogP contribution in [0.1, 0.15) is 15.9 Å². The van der Waals surface area contributed by atoms with Gasteiger partial charge in [0.25, 0.3) is 0 Å². The van der Waals surface area contributed by atoms with Crippen LogP contribution in [0, 0.1) is 11.6 Å². The van der Waals surface area contributed by atoms with Crippen LogP contribution in [0.3, 0.4) is 0 Å². The van der Waals surface area contributed by atoms with Crippen molar-refractivity contribution in [2.45, 2.75) is 6.61 Å². The van der Waals surface area contributed by atoms with Crippen molar-refractivity contribution >= 4 is 17.5 Å². The van der Waals surface area contributed by atoms with E-state index < -0.39 is 17.5 Å². The summed E-state index contributed by atoms with van der Waals surface area (Å²) < 4.78 is 32.1. The molecule has 0 saturated heterocycles. The van der Waals surface area contributed by atoms with E-state index in [1.807, 2.05) is 0 Å². The zero-order chi connectivity index (χ0) is 14.7. The quantitative estimate of drug-likeness (QED) is 0.941. The van der Waals surface area contributed by atoms with Gasteiger partial charge in [-0.2, -0.15) is 0 Å². The SMILES string of the molecule is NC(=O)c1ccc(COc2ccc(Cl)c(F)c2)c(F)c1. The van der Waals surface area contributed by atoms with Crippen LogP contribution in [0.4, 0.5) is 8.78 Å². The van der Waals surface area contributed by atoms with E-state index in [2.05, 4.69) is 0 Å². The van der Waals surface area contributed by atoms with Gasteiger partial charge >= 0.3 is 0 Å². The van der Waals surface area contributed by atoms with Gasteiger partial charge in [0, 0.05) is 17.2 Å². The summed E-state index contributed by atoms with van der Waals surface area (Å²) in [5, 5.41) is -0.0191. The van der Waals surface area contributed by atoms with Crippen LogP contribution < -0.4 is 10.5 Å². The van der Waals surface area contributed by atoms with Gasteiger partial charge in [-0.25, -0.2) is 8.78 Å². The second-order valence-corrected chi connectivity index (χ2v) is 4.44. The Balaban J connectivity index is 2.10. The van der Waals surface area contributed by atoms with Gasteiger partial charge in [-0.05, 0) is 24.3 Å². The molecule has 0 aromatic heterocycles. The highest BCUT2D eigenvalue weighted by Gasteiger charge is 2.08. The lowest BCUT2D eigenvalue weighted by molar-refractivity contribution is 0.0999. The van der Waals surface area contributed by atoms with E-state index >= 15 is 0 Å². The molecule has 3 nitrogen and oxygen atoms in total. The Labute approximate surface area is 118 Å². The van der Waals surface area contributed by atoms with Gasteiger partial charge < -0.3 is 10.5 Å². The summed E-state index contributed by atoms with van der Waals surface area (Å²) in [7, 11) is 0. The molecule has 0 spiro atoms. The van der Waals surface area contributed by atoms with E-state index in [1.54, 1.807) is 0 Å². The molecule has 2 N–H and O–H groups in total. The Morgan fingerprint density at radius 2 is 1.90 bits per heavy atom. The highest BCUT2D eigenvalue weighted by Crippen LogP contribution is 2.21. The Morgan fingerprint density at radius 1 is 1.15 bits per heavy atom. The van der Waals surface area contributed by atoms with E-state index in [1.165, 1.54) is 24.3 Å². The number of ether oxygens (including phenoxy) is 1. The highest BCUT2D eigenvalue weighted by atomic mass is 35.5. The average Bonchev–Trinajstić information content (AvgIpc) is 2.41. The molecule has 0 radical (unpaired) electrons. The fourth-order valence-electron chi connectivity index (χ4n) is 1.55. The Bertz CT molecular complexity index is 662. The number of rotatable bonds is 4. The lowest BCUT2D eigenvalue weighted by atomic mass is 10.1. The molecule has 20 heavy (non-hydrogen) atoms. The summed E-state index contributed by atoms with van der Waals surface area (Å²) in [6, 6.07) is 7.75. The minimum atomic E-state index is -0.712. The molecule has 6 heteroatoms. The maximum Gasteiger partial charge on any atom is 0.248 e. The average molecular weight is 298 g/mol. The van der Waals surface area contributed by atoms with Crippen LogP contribution in [0.15, 0.2) is 36.4 Å². The molecule has 104 valence electrons. The molecule has 2 aromatic carbocycles. The standard InChI is InChI=1S/C14H10ClF2NO2/c15-11-4-3-10(6-13(11)17)20-7-9-2-1-8(14(18)19)5-12(9)16/h1-6H,7H2,(H2,18,19). The minimum Gasteiger partial charge on any atom is -0.489 e. The van der Waals surface area contributed by atoms with E-state index in [4.69, 9.17) is 22.1 Å². The van der Waals surface area contributed by atoms with Gasteiger partial charge in [0.1, 0.15) is 24.0 Å². The molecule has 2 aromatic rings. The Kier molecular flexibility index (Phi) is 4.20. The van der Waals surface area contributed by atoms with Crippen LogP contribution in [0.2, 0.25) is 5.02 Å². The number of benzene rings is 2. The summed E-state index contributed by atoms with van der Waals surface area (Å²) in [6.45, 7) is -0.105. The first-order valence-corrected chi connectivity index (χ1v) is 6.01. The fourth-order valence-corrected chi connectivity index (χ4v) is 1.66. The second-order valence-electron chi connectivity index (χ2n) is 4.04. The lowest BCUT2D eigenvalue weighted by Crippen LogP contribution is -2.11. The maximum atomic E-state index is 13.7. The van der Waals surface area contributed by atoms with Gasteiger partial charge in [0.15, 0.2) is 0 Å². The van der Waals surface area contributed by atoms with Gasteiger partial charge in [0.2, 0.25) is 5.91 Å². The highest BCUT2D eigenvalue weighted by molar-refractivity contribution is 6.30. The molecule has 0 fully saturated rings. The van der Waals surface area contributed by atoms with E-state index in [0.717, 1.165) is 12.1 Å². The smallest absolute Gasteiger partial charge is 0.248 e. The van der Waals surface area contributed by atoms with E-state index in [0.29, 0.717) is 0 Å². The minimum absolute atomic E-state index is 0.0191. The Morgan fingerprint density at radius 3 is 2.50 bits per heavy atom. The van der Waals surface area contributed by atoms with Crippen molar-refractivity contribution in [2.75, 3.05) is 0 Å². The van der Waals surface area contributed by atoms with Crippen LogP contribution >= 0.6 is 11.6 Å². The maximum absolute atomic E-state index is 13.7. The number of nitrogens with two attached hydrogens (primary N) is 1. The lowest BCUT2D eigenvalue weighted by Gasteiger charge is -2.08. The molecule has 0 aliphatic rings. The summed E-state index contributed by atoms with van der Waals surface area (Å²) in [4.78, 5) is 10.9. The first-order valence-electron chi connectivity index (χ1n) is 5.63. The summed E-state index contributed by atoms with van der Waals surface area (Å²) in [5.74, 6) is -1.72. The third kappa shape index (κ3) is 3.24. The summed E-state index contributed by atoms with van der Waals surface area (Å²) in [6.07, 6.45) is 0. The first-order chi connectivity index (χ1) is 9.47. The van der Waals surface area contributed by atoms with Crippen molar-refractivity contribution < 1.29 is 18.3 Å². The topological polar surface area (TPSA) is 52.3 Å². The van der Waals surface area contributed by atoms with Crippen molar-refractivity contribution in [1.82, 2.24) is 0 Å². The first kappa shape index (κ1) is 14.3. The van der Waals surface area contributed by atoms with Crippen LogP contribution in [0.5, 0.6) is 5.75 Å². The van der Waals surface area contributed by atoms with Crippen LogP contribution in [0.25, 0.3) is 0 Å². The molecule has 0 unspecified atom stereocenters. The predicted octanol–water partition coefficient (Wildman–Crippen LogP) is 3.30. The van der Waals surface area contributed by atoms with Crippen molar-refractivity contribution in [3.8, 4) is 5.75 Å². The van der Waals surface area contributed by atoms with Gasteiger partial charge in [0.05, 0.1) is 5.02 Å². The van der Waals surface area contributed by atoms with Crippen molar-refractivity contribution in [1.29, 1.82) is 0 Å². The summed E-state index contributed by atoms with van der Waals surface area (Å²) in [5.41, 5.74) is 5.34. The third-order valence-electron chi connectivity index (χ3n) is 2.62. The Hall–Kier alpha value is -2.14. The van der Waals surface area contributed by atoms with Crippen molar-refractivity contribution in [3.05, 3.63) is 64.2 Å². The number of carbonyl (C=O) groups is 1. The van der Waals surface area contributed by atoms with Gasteiger partial charge in [-0.1, -0.05) is 17.7 Å². The number of carbonyl (C=O) groups excluding carboxylic acids is 1. The van der Waals surface area contributed by atoms with E-state index in [9.17, 15) is 13.6 Å². The normalized spacial score (nSPS) is 10.3. The van der Waals surface area contributed by atoms with Crippen molar-refractivity contribution in [3.63, 3.8) is 0 Å². The molecular weight excluding hydrogens is 288 g/mol. The van der Waals surface area contributed by atoms with Crippen LogP contribution in [-0.2, 0) is 6.61 Å². The number of primary amides is 1. The number of amides is 1.